The number of ether oxygens (including phenoxy) is 1. The zero-order chi connectivity index (χ0) is 12.6. The van der Waals surface area contributed by atoms with Gasteiger partial charge in [0.1, 0.15) is 5.75 Å². The van der Waals surface area contributed by atoms with Crippen LogP contribution in [0.3, 0.4) is 0 Å². The highest BCUT2D eigenvalue weighted by molar-refractivity contribution is 6.30. The molecule has 92 valence electrons. The van der Waals surface area contributed by atoms with E-state index in [1.807, 2.05) is 6.92 Å². The number of benzene rings is 1. The third-order valence-corrected chi connectivity index (χ3v) is 3.86. The van der Waals surface area contributed by atoms with Crippen LogP contribution in [0, 0.1) is 5.92 Å². The van der Waals surface area contributed by atoms with E-state index in [0.29, 0.717) is 22.8 Å². The molecule has 1 fully saturated rings. The predicted octanol–water partition coefficient (Wildman–Crippen LogP) is 3.10. The summed E-state index contributed by atoms with van der Waals surface area (Å²) >= 11 is 5.95. The van der Waals surface area contributed by atoms with Crippen molar-refractivity contribution in [2.24, 2.45) is 5.92 Å². The van der Waals surface area contributed by atoms with Crippen molar-refractivity contribution in [2.45, 2.75) is 25.2 Å². The second-order valence-corrected chi connectivity index (χ2v) is 4.87. The Balaban J connectivity index is 2.52. The molecule has 0 aliphatic heterocycles. The summed E-state index contributed by atoms with van der Waals surface area (Å²) in [4.78, 5) is 11.5. The second kappa shape index (κ2) is 4.22. The highest BCUT2D eigenvalue weighted by Gasteiger charge is 2.61. The van der Waals surface area contributed by atoms with Gasteiger partial charge in [0, 0.05) is 10.6 Å². The fourth-order valence-electron chi connectivity index (χ4n) is 2.56. The number of carboxylic acid groups (broad SMARTS) is 1. The van der Waals surface area contributed by atoms with Gasteiger partial charge in [-0.1, -0.05) is 24.9 Å². The summed E-state index contributed by atoms with van der Waals surface area (Å²) in [6.07, 6.45) is 1.51. The number of hydrogen-bond acceptors (Lipinski definition) is 2. The van der Waals surface area contributed by atoms with E-state index in [0.717, 1.165) is 6.42 Å². The van der Waals surface area contributed by atoms with Crippen molar-refractivity contribution >= 4 is 17.6 Å². The normalized spacial score (nSPS) is 26.6. The standard InChI is InChI=1S/C13H15ClO3/c1-3-8-7-13(8,12(15)16)10-6-9(14)4-5-11(10)17-2/h4-6,8H,3,7H2,1-2H3,(H,15,16). The van der Waals surface area contributed by atoms with Crippen LogP contribution in [-0.2, 0) is 10.2 Å². The molecule has 0 spiro atoms. The molecule has 17 heavy (non-hydrogen) atoms. The minimum absolute atomic E-state index is 0.173. The van der Waals surface area contributed by atoms with Gasteiger partial charge in [-0.05, 0) is 30.5 Å². The van der Waals surface area contributed by atoms with E-state index in [1.165, 1.54) is 0 Å². The fourth-order valence-corrected chi connectivity index (χ4v) is 2.73. The first kappa shape index (κ1) is 12.2. The monoisotopic (exact) mass is 254 g/mol. The van der Waals surface area contributed by atoms with E-state index in [9.17, 15) is 9.90 Å². The summed E-state index contributed by atoms with van der Waals surface area (Å²) in [6, 6.07) is 5.15. The average molecular weight is 255 g/mol. The van der Waals surface area contributed by atoms with Gasteiger partial charge in [0.2, 0.25) is 0 Å². The quantitative estimate of drug-likeness (QED) is 0.898. The van der Waals surface area contributed by atoms with Crippen molar-refractivity contribution in [1.29, 1.82) is 0 Å². The van der Waals surface area contributed by atoms with Gasteiger partial charge in [0.05, 0.1) is 12.5 Å². The summed E-state index contributed by atoms with van der Waals surface area (Å²) in [5, 5.41) is 10.0. The molecule has 0 aromatic heterocycles. The second-order valence-electron chi connectivity index (χ2n) is 4.43. The van der Waals surface area contributed by atoms with Crippen LogP contribution in [-0.4, -0.2) is 18.2 Å². The van der Waals surface area contributed by atoms with Crippen molar-refractivity contribution in [1.82, 2.24) is 0 Å². The lowest BCUT2D eigenvalue weighted by molar-refractivity contribution is -0.140. The summed E-state index contributed by atoms with van der Waals surface area (Å²) < 4.78 is 5.25. The molecule has 1 saturated carbocycles. The van der Waals surface area contributed by atoms with E-state index in [4.69, 9.17) is 16.3 Å². The van der Waals surface area contributed by atoms with Gasteiger partial charge >= 0.3 is 5.97 Å². The predicted molar refractivity (Wildman–Crippen MR) is 65.7 cm³/mol. The summed E-state index contributed by atoms with van der Waals surface area (Å²) in [6.45, 7) is 2.01. The van der Waals surface area contributed by atoms with Crippen molar-refractivity contribution in [3.63, 3.8) is 0 Å². The molecule has 1 aliphatic carbocycles. The Morgan fingerprint density at radius 1 is 1.65 bits per heavy atom. The van der Waals surface area contributed by atoms with Gasteiger partial charge in [-0.25, -0.2) is 0 Å². The zero-order valence-electron chi connectivity index (χ0n) is 9.87. The van der Waals surface area contributed by atoms with E-state index < -0.39 is 11.4 Å². The molecule has 2 atom stereocenters. The third-order valence-electron chi connectivity index (χ3n) is 3.62. The van der Waals surface area contributed by atoms with Crippen LogP contribution in [0.2, 0.25) is 5.02 Å². The lowest BCUT2D eigenvalue weighted by Gasteiger charge is -2.16. The highest BCUT2D eigenvalue weighted by Crippen LogP contribution is 2.58. The van der Waals surface area contributed by atoms with E-state index in [-0.39, 0.29) is 5.92 Å². The number of hydrogen-bond donors (Lipinski definition) is 1. The first-order chi connectivity index (χ1) is 8.06. The molecule has 3 nitrogen and oxygen atoms in total. The minimum atomic E-state index is -0.801. The highest BCUT2D eigenvalue weighted by atomic mass is 35.5. The van der Waals surface area contributed by atoms with Crippen LogP contribution >= 0.6 is 11.6 Å². The minimum Gasteiger partial charge on any atom is -0.496 e. The van der Waals surface area contributed by atoms with Crippen molar-refractivity contribution in [2.75, 3.05) is 7.11 Å². The van der Waals surface area contributed by atoms with Gasteiger partial charge in [0.25, 0.3) is 0 Å². The molecule has 0 bridgehead atoms. The van der Waals surface area contributed by atoms with Crippen molar-refractivity contribution < 1.29 is 14.6 Å². The number of rotatable bonds is 4. The molecular weight excluding hydrogens is 240 g/mol. The number of carbonyl (C=O) groups is 1. The van der Waals surface area contributed by atoms with Gasteiger partial charge in [-0.3, -0.25) is 4.79 Å². The Bertz CT molecular complexity index is 458. The molecule has 1 aromatic carbocycles. The maximum Gasteiger partial charge on any atom is 0.314 e. The van der Waals surface area contributed by atoms with E-state index in [1.54, 1.807) is 25.3 Å². The Hall–Kier alpha value is -1.22. The zero-order valence-corrected chi connectivity index (χ0v) is 10.6. The topological polar surface area (TPSA) is 46.5 Å². The molecule has 1 aliphatic rings. The fraction of sp³-hybridized carbons (Fsp3) is 0.462. The Labute approximate surface area is 105 Å². The third kappa shape index (κ3) is 1.78. The SMILES string of the molecule is CCC1CC1(C(=O)O)c1cc(Cl)ccc1OC. The van der Waals surface area contributed by atoms with Crippen molar-refractivity contribution in [3.05, 3.63) is 28.8 Å². The number of carboxylic acids is 1. The molecule has 2 rings (SSSR count). The summed E-state index contributed by atoms with van der Waals surface area (Å²) in [5.41, 5.74) is -0.0998. The smallest absolute Gasteiger partial charge is 0.314 e. The Morgan fingerprint density at radius 2 is 2.35 bits per heavy atom. The van der Waals surface area contributed by atoms with Crippen LogP contribution < -0.4 is 4.74 Å². The molecule has 4 heteroatoms. The summed E-state index contributed by atoms with van der Waals surface area (Å²) in [5.74, 6) is -0.00923. The summed E-state index contributed by atoms with van der Waals surface area (Å²) in [7, 11) is 1.55. The molecule has 0 heterocycles. The molecule has 1 N–H and O–H groups in total. The van der Waals surface area contributed by atoms with Crippen molar-refractivity contribution in [3.8, 4) is 5.75 Å². The number of methoxy groups -OCH3 is 1. The molecule has 1 aromatic rings. The van der Waals surface area contributed by atoms with Crippen LogP contribution in [0.5, 0.6) is 5.75 Å². The van der Waals surface area contributed by atoms with E-state index in [2.05, 4.69) is 0 Å². The first-order valence-electron chi connectivity index (χ1n) is 5.63. The number of halogens is 1. The molecule has 0 amide bonds. The van der Waals surface area contributed by atoms with Crippen LogP contribution in [0.25, 0.3) is 0 Å². The van der Waals surface area contributed by atoms with Gasteiger partial charge in [-0.2, -0.15) is 0 Å². The van der Waals surface area contributed by atoms with Gasteiger partial charge in [-0.15, -0.1) is 0 Å². The first-order valence-corrected chi connectivity index (χ1v) is 6.01. The van der Waals surface area contributed by atoms with Crippen LogP contribution in [0.15, 0.2) is 18.2 Å². The number of aliphatic carboxylic acids is 1. The maximum atomic E-state index is 11.5. The van der Waals surface area contributed by atoms with Gasteiger partial charge < -0.3 is 9.84 Å². The lowest BCUT2D eigenvalue weighted by atomic mass is 9.91. The average Bonchev–Trinajstić information content (AvgIpc) is 3.04. The molecule has 0 radical (unpaired) electrons. The molecular formula is C13H15ClO3. The lowest BCUT2D eigenvalue weighted by Crippen LogP contribution is -2.23. The Morgan fingerprint density at radius 3 is 2.82 bits per heavy atom. The van der Waals surface area contributed by atoms with Gasteiger partial charge in [0.15, 0.2) is 0 Å². The van der Waals surface area contributed by atoms with Crippen LogP contribution in [0.1, 0.15) is 25.3 Å². The Kier molecular flexibility index (Phi) is 3.04. The van der Waals surface area contributed by atoms with Crippen LogP contribution in [0.4, 0.5) is 0 Å². The molecule has 2 unspecified atom stereocenters. The largest absolute Gasteiger partial charge is 0.496 e. The van der Waals surface area contributed by atoms with E-state index >= 15 is 0 Å². The maximum absolute atomic E-state index is 11.5. The molecule has 0 saturated heterocycles.